The first-order valence-electron chi connectivity index (χ1n) is 5.80. The number of nitrogens with zero attached hydrogens (tertiary/aromatic N) is 1. The molecule has 2 N–H and O–H groups in total. The van der Waals surface area contributed by atoms with Crippen LogP contribution in [0.15, 0.2) is 12.1 Å². The van der Waals surface area contributed by atoms with Crippen molar-refractivity contribution in [1.82, 2.24) is 14.3 Å². The normalized spacial score (nSPS) is 12.2. The summed E-state index contributed by atoms with van der Waals surface area (Å²) in [6.07, 6.45) is 1.52. The molecule has 0 atom stereocenters. The van der Waals surface area contributed by atoms with Gasteiger partial charge in [-0.25, -0.2) is 21.9 Å². The Labute approximate surface area is 119 Å². The van der Waals surface area contributed by atoms with Gasteiger partial charge in [-0.15, -0.1) is 0 Å². The van der Waals surface area contributed by atoms with Crippen molar-refractivity contribution >= 4 is 33.3 Å². The third kappa shape index (κ3) is 3.41. The van der Waals surface area contributed by atoms with Gasteiger partial charge < -0.3 is 9.55 Å². The molecule has 0 unspecified atom stereocenters. The van der Waals surface area contributed by atoms with Crippen LogP contribution in [-0.4, -0.2) is 30.8 Å². The fourth-order valence-corrected chi connectivity index (χ4v) is 2.70. The Bertz CT molecular complexity index is 796. The van der Waals surface area contributed by atoms with E-state index in [1.54, 1.807) is 4.57 Å². The van der Waals surface area contributed by atoms with Crippen LogP contribution < -0.4 is 4.72 Å². The molecule has 0 fully saturated rings. The van der Waals surface area contributed by atoms with E-state index < -0.39 is 21.7 Å². The number of H-pyrrole nitrogens is 1. The van der Waals surface area contributed by atoms with Gasteiger partial charge in [0.25, 0.3) is 0 Å². The van der Waals surface area contributed by atoms with E-state index >= 15 is 0 Å². The molecule has 1 aromatic carbocycles. The maximum Gasteiger partial charge on any atom is 0.208 e. The Balaban J connectivity index is 2.22. The maximum atomic E-state index is 13.6. The quantitative estimate of drug-likeness (QED) is 0.653. The number of rotatable bonds is 5. The number of sulfonamides is 1. The molecule has 2 rings (SSSR count). The van der Waals surface area contributed by atoms with E-state index in [0.717, 1.165) is 12.3 Å². The zero-order valence-corrected chi connectivity index (χ0v) is 12.2. The number of aromatic nitrogens is 2. The summed E-state index contributed by atoms with van der Waals surface area (Å²) in [6, 6.07) is 1.97. The van der Waals surface area contributed by atoms with Gasteiger partial charge in [0.1, 0.15) is 11.3 Å². The molecule has 9 heteroatoms. The molecule has 0 bridgehead atoms. The summed E-state index contributed by atoms with van der Waals surface area (Å²) in [7, 11) is -3.24. The number of hydrogen-bond acceptors (Lipinski definition) is 3. The summed E-state index contributed by atoms with van der Waals surface area (Å²) in [6.45, 7) is 0.579. The van der Waals surface area contributed by atoms with Gasteiger partial charge in [-0.05, 0) is 24.7 Å². The SMILES string of the molecule is CS(=O)(=O)NCCCn1c(=S)[nH]c2c(F)cc(F)cc21. The monoisotopic (exact) mass is 321 g/mol. The molecule has 1 heterocycles. The Morgan fingerprint density at radius 3 is 2.75 bits per heavy atom. The summed E-state index contributed by atoms with van der Waals surface area (Å²) >= 11 is 5.06. The lowest BCUT2D eigenvalue weighted by atomic mass is 10.3. The first-order chi connectivity index (χ1) is 9.28. The number of halogens is 2. The lowest BCUT2D eigenvalue weighted by molar-refractivity contribution is 0.576. The van der Waals surface area contributed by atoms with Gasteiger partial charge in [-0.3, -0.25) is 0 Å². The number of hydrogen-bond donors (Lipinski definition) is 2. The van der Waals surface area contributed by atoms with Crippen LogP contribution in [0.25, 0.3) is 11.0 Å². The van der Waals surface area contributed by atoms with Crippen molar-refractivity contribution in [1.29, 1.82) is 0 Å². The maximum absolute atomic E-state index is 13.6. The smallest absolute Gasteiger partial charge is 0.208 e. The van der Waals surface area contributed by atoms with Crippen molar-refractivity contribution in [2.75, 3.05) is 12.8 Å². The first-order valence-corrected chi connectivity index (χ1v) is 8.10. The Morgan fingerprint density at radius 1 is 1.40 bits per heavy atom. The van der Waals surface area contributed by atoms with E-state index in [9.17, 15) is 17.2 Å². The number of benzene rings is 1. The van der Waals surface area contributed by atoms with Crippen molar-refractivity contribution in [2.24, 2.45) is 0 Å². The van der Waals surface area contributed by atoms with Crippen molar-refractivity contribution in [3.8, 4) is 0 Å². The van der Waals surface area contributed by atoms with Gasteiger partial charge in [-0.2, -0.15) is 0 Å². The van der Waals surface area contributed by atoms with Crippen LogP contribution in [0.5, 0.6) is 0 Å². The van der Waals surface area contributed by atoms with E-state index in [1.165, 1.54) is 6.07 Å². The lowest BCUT2D eigenvalue weighted by Crippen LogP contribution is -2.23. The predicted molar refractivity (Wildman–Crippen MR) is 74.5 cm³/mol. The minimum absolute atomic E-state index is 0.146. The zero-order chi connectivity index (χ0) is 14.9. The molecule has 0 aliphatic heterocycles. The average molecular weight is 321 g/mol. The predicted octanol–water partition coefficient (Wildman–Crippen LogP) is 1.92. The molecule has 20 heavy (non-hydrogen) atoms. The molecule has 2 aromatic rings. The molecule has 110 valence electrons. The number of imidazole rings is 1. The molecular weight excluding hydrogens is 308 g/mol. The van der Waals surface area contributed by atoms with Gasteiger partial charge in [-0.1, -0.05) is 0 Å². The molecule has 0 amide bonds. The molecular formula is C11H13F2N3O2S2. The molecule has 1 aromatic heterocycles. The molecule has 0 saturated heterocycles. The van der Waals surface area contributed by atoms with E-state index in [1.807, 2.05) is 0 Å². The van der Waals surface area contributed by atoms with E-state index in [4.69, 9.17) is 12.2 Å². The third-order valence-electron chi connectivity index (χ3n) is 2.72. The number of aromatic amines is 1. The summed E-state index contributed by atoms with van der Waals surface area (Å²) in [5.41, 5.74) is 0.472. The molecule has 0 spiro atoms. The fraction of sp³-hybridized carbons (Fsp3) is 0.364. The van der Waals surface area contributed by atoms with Crippen LogP contribution in [0.4, 0.5) is 8.78 Å². The number of nitrogens with one attached hydrogen (secondary N) is 2. The highest BCUT2D eigenvalue weighted by molar-refractivity contribution is 7.88. The van der Waals surface area contributed by atoms with Crippen LogP contribution in [0, 0.1) is 16.4 Å². The second-order valence-electron chi connectivity index (χ2n) is 4.38. The highest BCUT2D eigenvalue weighted by Crippen LogP contribution is 2.19. The van der Waals surface area contributed by atoms with Crippen LogP contribution in [0.2, 0.25) is 0 Å². The summed E-state index contributed by atoms with van der Waals surface area (Å²) in [5, 5.41) is 0. The van der Waals surface area contributed by atoms with Crippen LogP contribution in [-0.2, 0) is 16.6 Å². The standard InChI is InChI=1S/C11H13F2N3O2S2/c1-20(17,18)14-3-2-4-16-9-6-7(12)5-8(13)10(9)15-11(16)19/h5-6,14H,2-4H2,1H3,(H,15,19). The van der Waals surface area contributed by atoms with E-state index in [-0.39, 0.29) is 16.8 Å². The van der Waals surface area contributed by atoms with Gasteiger partial charge in [0.2, 0.25) is 10.0 Å². The number of aryl methyl sites for hydroxylation is 1. The molecule has 0 saturated carbocycles. The van der Waals surface area contributed by atoms with Gasteiger partial charge in [0, 0.05) is 19.2 Å². The second kappa shape index (κ2) is 5.58. The van der Waals surface area contributed by atoms with Crippen LogP contribution in [0.1, 0.15) is 6.42 Å². The molecule has 0 radical (unpaired) electrons. The molecule has 5 nitrogen and oxygen atoms in total. The largest absolute Gasteiger partial charge is 0.328 e. The second-order valence-corrected chi connectivity index (χ2v) is 6.60. The summed E-state index contributed by atoms with van der Waals surface area (Å²) in [5.74, 6) is -1.40. The van der Waals surface area contributed by atoms with Crippen LogP contribution in [0.3, 0.4) is 0 Å². The Hall–Kier alpha value is -1.32. The molecule has 0 aliphatic rings. The third-order valence-corrected chi connectivity index (χ3v) is 3.78. The van der Waals surface area contributed by atoms with Crippen molar-refractivity contribution < 1.29 is 17.2 Å². The zero-order valence-electron chi connectivity index (χ0n) is 10.6. The topological polar surface area (TPSA) is 66.9 Å². The minimum Gasteiger partial charge on any atom is -0.328 e. The van der Waals surface area contributed by atoms with E-state index in [0.29, 0.717) is 18.5 Å². The Kier molecular flexibility index (Phi) is 4.21. The van der Waals surface area contributed by atoms with Crippen LogP contribution >= 0.6 is 12.2 Å². The van der Waals surface area contributed by atoms with Gasteiger partial charge >= 0.3 is 0 Å². The highest BCUT2D eigenvalue weighted by atomic mass is 32.2. The lowest BCUT2D eigenvalue weighted by Gasteiger charge is -2.05. The number of fused-ring (bicyclic) bond motifs is 1. The van der Waals surface area contributed by atoms with Gasteiger partial charge in [0.15, 0.2) is 10.6 Å². The van der Waals surface area contributed by atoms with Crippen molar-refractivity contribution in [2.45, 2.75) is 13.0 Å². The average Bonchev–Trinajstić information content (AvgIpc) is 2.61. The van der Waals surface area contributed by atoms with Crippen molar-refractivity contribution in [3.05, 3.63) is 28.5 Å². The Morgan fingerprint density at radius 2 is 2.10 bits per heavy atom. The van der Waals surface area contributed by atoms with Crippen molar-refractivity contribution in [3.63, 3.8) is 0 Å². The van der Waals surface area contributed by atoms with Gasteiger partial charge in [0.05, 0.1) is 11.8 Å². The fourth-order valence-electron chi connectivity index (χ4n) is 1.90. The molecule has 0 aliphatic carbocycles. The van der Waals surface area contributed by atoms with E-state index in [2.05, 4.69) is 9.71 Å². The summed E-state index contributed by atoms with van der Waals surface area (Å²) < 4.78 is 52.8. The summed E-state index contributed by atoms with van der Waals surface area (Å²) in [4.78, 5) is 2.68. The highest BCUT2D eigenvalue weighted by Gasteiger charge is 2.11. The minimum atomic E-state index is -3.24. The first kappa shape index (κ1) is 15.1.